The SMILES string of the molecule is C[C@@H](O)[C@H]1C(=O)N2C(C(=O)O)=C(S[C@@H]3C[C@@H](C(C#N)NC(=O)OCc4ccc([N+](=O)[O-])cc4)N(C(=O)OCc4ccc([N+](=O)[O-])cc4)C3)[C@H](C)[C@H]12. The number of nitrogens with one attached hydrogen (secondary N) is 1. The molecule has 5 rings (SSSR count). The summed E-state index contributed by atoms with van der Waals surface area (Å²) in [5.74, 6) is -3.07. The average Bonchev–Trinajstić information content (AvgIpc) is 3.62. The van der Waals surface area contributed by atoms with Crippen molar-refractivity contribution in [3.63, 3.8) is 0 Å². The maximum Gasteiger partial charge on any atom is 0.410 e. The molecule has 0 aromatic heterocycles. The standard InChI is InChI=1S/C32H32N6O12S/c1-16-26-25(17(2)39)29(40)36(26)27(30(41)42)28(16)51-22-11-24(35(13-22)32(44)50-15-19-5-9-21(10-6-19)38(47)48)23(12-33)34-31(43)49-14-18-3-7-20(8-4-18)37(45)46/h3-10,16-17,22-26,39H,11,13-15H2,1-2H3,(H,34,43)(H,41,42)/t16-,17-,22-,23?,24+,25-,26-/m1/s1. The van der Waals surface area contributed by atoms with Crippen molar-refractivity contribution in [2.45, 2.75) is 63.0 Å². The number of alkyl carbamates (subject to hydrolysis) is 1. The zero-order valence-electron chi connectivity index (χ0n) is 27.1. The quantitative estimate of drug-likeness (QED) is 0.161. The normalized spacial score (nSPS) is 23.4. The van der Waals surface area contributed by atoms with E-state index < -0.39 is 75.2 Å². The first-order valence-corrected chi connectivity index (χ1v) is 16.5. The van der Waals surface area contributed by atoms with Crippen molar-refractivity contribution >= 4 is 47.2 Å². The highest BCUT2D eigenvalue weighted by molar-refractivity contribution is 8.03. The van der Waals surface area contributed by atoms with Crippen molar-refractivity contribution in [3.05, 3.63) is 90.5 Å². The number of non-ortho nitro benzene ring substituents is 2. The number of nitriles is 1. The highest BCUT2D eigenvalue weighted by Gasteiger charge is 2.60. The van der Waals surface area contributed by atoms with Gasteiger partial charge in [0.25, 0.3) is 11.4 Å². The fourth-order valence-electron chi connectivity index (χ4n) is 6.48. The van der Waals surface area contributed by atoms with Crippen LogP contribution in [-0.4, -0.2) is 89.9 Å². The summed E-state index contributed by atoms with van der Waals surface area (Å²) in [4.78, 5) is 75.0. The van der Waals surface area contributed by atoms with E-state index >= 15 is 0 Å². The Labute approximate surface area is 293 Å². The maximum atomic E-state index is 13.5. The van der Waals surface area contributed by atoms with Crippen LogP contribution in [0.3, 0.4) is 0 Å². The minimum atomic E-state index is -1.33. The Balaban J connectivity index is 1.33. The smallest absolute Gasteiger partial charge is 0.410 e. The van der Waals surface area contributed by atoms with Gasteiger partial charge in [0.05, 0.1) is 40.0 Å². The van der Waals surface area contributed by atoms with Gasteiger partial charge in [-0.2, -0.15) is 5.26 Å². The lowest BCUT2D eigenvalue weighted by atomic mass is 9.79. The van der Waals surface area contributed by atoms with Gasteiger partial charge in [-0.05, 0) is 48.7 Å². The Bertz CT molecular complexity index is 1810. The maximum absolute atomic E-state index is 13.5. The second kappa shape index (κ2) is 15.0. The van der Waals surface area contributed by atoms with Gasteiger partial charge in [-0.1, -0.05) is 6.92 Å². The van der Waals surface area contributed by atoms with E-state index in [0.29, 0.717) is 16.0 Å². The molecule has 0 bridgehead atoms. The number of carbonyl (C=O) groups is 4. The summed E-state index contributed by atoms with van der Waals surface area (Å²) >= 11 is 1.13. The van der Waals surface area contributed by atoms with Gasteiger partial charge in [0.2, 0.25) is 5.91 Å². The van der Waals surface area contributed by atoms with E-state index in [1.54, 1.807) is 6.92 Å². The number of fused-ring (bicyclic) bond motifs is 1. The molecule has 3 amide bonds. The zero-order valence-corrected chi connectivity index (χ0v) is 27.9. The summed E-state index contributed by atoms with van der Waals surface area (Å²) in [7, 11) is 0. The highest BCUT2D eigenvalue weighted by atomic mass is 32.2. The van der Waals surface area contributed by atoms with E-state index in [-0.39, 0.29) is 43.3 Å². The number of rotatable bonds is 12. The minimum Gasteiger partial charge on any atom is -0.477 e. The van der Waals surface area contributed by atoms with E-state index in [1.165, 1.54) is 65.3 Å². The van der Waals surface area contributed by atoms with Crippen molar-refractivity contribution in [1.29, 1.82) is 5.26 Å². The number of hydrogen-bond donors (Lipinski definition) is 3. The Kier molecular flexibility index (Phi) is 10.8. The summed E-state index contributed by atoms with van der Waals surface area (Å²) < 4.78 is 10.7. The number of amides is 3. The van der Waals surface area contributed by atoms with Gasteiger partial charge in [0.15, 0.2) is 0 Å². The topological polar surface area (TPSA) is 256 Å². The molecule has 3 aliphatic heterocycles. The lowest BCUT2D eigenvalue weighted by molar-refractivity contribution is -0.385. The summed E-state index contributed by atoms with van der Waals surface area (Å²) in [5, 5.41) is 54.2. The van der Waals surface area contributed by atoms with E-state index in [0.717, 1.165) is 11.8 Å². The second-order valence-corrected chi connectivity index (χ2v) is 13.5. The molecule has 3 aliphatic rings. The first-order valence-electron chi connectivity index (χ1n) is 15.6. The summed E-state index contributed by atoms with van der Waals surface area (Å²) in [6, 6.07) is 9.70. The molecule has 7 atom stereocenters. The van der Waals surface area contributed by atoms with Gasteiger partial charge in [-0.3, -0.25) is 25.0 Å². The minimum absolute atomic E-state index is 0.0479. The molecule has 19 heteroatoms. The van der Waals surface area contributed by atoms with Crippen LogP contribution < -0.4 is 5.32 Å². The van der Waals surface area contributed by atoms with E-state index in [4.69, 9.17) is 9.47 Å². The lowest BCUT2D eigenvalue weighted by Gasteiger charge is -2.46. The molecule has 2 aromatic carbocycles. The largest absolute Gasteiger partial charge is 0.477 e. The van der Waals surface area contributed by atoms with Gasteiger partial charge in [0.1, 0.15) is 25.0 Å². The molecule has 18 nitrogen and oxygen atoms in total. The van der Waals surface area contributed by atoms with Crippen molar-refractivity contribution in [2.75, 3.05) is 6.54 Å². The van der Waals surface area contributed by atoms with Crippen molar-refractivity contribution in [3.8, 4) is 6.07 Å². The van der Waals surface area contributed by atoms with Gasteiger partial charge in [-0.15, -0.1) is 11.8 Å². The molecule has 2 saturated heterocycles. The number of aliphatic hydroxyl groups is 1. The van der Waals surface area contributed by atoms with Gasteiger partial charge >= 0.3 is 18.2 Å². The monoisotopic (exact) mass is 724 g/mol. The third-order valence-corrected chi connectivity index (χ3v) is 10.5. The molecule has 0 aliphatic carbocycles. The molecule has 51 heavy (non-hydrogen) atoms. The van der Waals surface area contributed by atoms with E-state index in [2.05, 4.69) is 5.32 Å². The predicted octanol–water partition coefficient (Wildman–Crippen LogP) is 3.29. The van der Waals surface area contributed by atoms with Crippen LogP contribution in [0.2, 0.25) is 0 Å². The molecule has 0 radical (unpaired) electrons. The number of β-lactam (4-membered cyclic amide) rings is 1. The third kappa shape index (κ3) is 7.56. The number of nitrogens with zero attached hydrogens (tertiary/aromatic N) is 5. The predicted molar refractivity (Wildman–Crippen MR) is 175 cm³/mol. The number of carbonyl (C=O) groups excluding carboxylic acids is 3. The molecule has 2 aromatic rings. The van der Waals surface area contributed by atoms with E-state index in [1.807, 2.05) is 6.07 Å². The van der Waals surface area contributed by atoms with Crippen molar-refractivity contribution < 1.29 is 48.7 Å². The Hall–Kier alpha value is -5.74. The summed E-state index contributed by atoms with van der Waals surface area (Å²) in [6.45, 7) is 2.62. The average molecular weight is 725 g/mol. The molecule has 1 unspecified atom stereocenters. The first kappa shape index (κ1) is 36.5. The number of ether oxygens (including phenoxy) is 2. The van der Waals surface area contributed by atoms with Crippen LogP contribution in [0.4, 0.5) is 21.0 Å². The molecular weight excluding hydrogens is 692 g/mol. The number of carboxylic acids is 1. The highest BCUT2D eigenvalue weighted by Crippen LogP contribution is 2.52. The van der Waals surface area contributed by atoms with Crippen LogP contribution in [0.5, 0.6) is 0 Å². The molecule has 3 N–H and O–H groups in total. The Morgan fingerprint density at radius 3 is 2.08 bits per heavy atom. The molecule has 0 saturated carbocycles. The number of carboxylic acid groups (broad SMARTS) is 1. The van der Waals surface area contributed by atoms with Crippen LogP contribution in [0, 0.1) is 43.4 Å². The Morgan fingerprint density at radius 2 is 1.59 bits per heavy atom. The molecule has 2 fully saturated rings. The van der Waals surface area contributed by atoms with Gasteiger partial charge < -0.3 is 34.8 Å². The van der Waals surface area contributed by atoms with Crippen LogP contribution in [0.25, 0.3) is 0 Å². The van der Waals surface area contributed by atoms with Gasteiger partial charge in [-0.25, -0.2) is 14.4 Å². The second-order valence-electron chi connectivity index (χ2n) is 12.2. The van der Waals surface area contributed by atoms with Gasteiger partial charge in [0, 0.05) is 46.9 Å². The number of nitro benzene ring substituents is 2. The number of aliphatic carboxylic acids is 1. The molecule has 3 heterocycles. The fraction of sp³-hybridized carbons (Fsp3) is 0.406. The van der Waals surface area contributed by atoms with Crippen LogP contribution in [0.1, 0.15) is 31.4 Å². The van der Waals surface area contributed by atoms with Crippen molar-refractivity contribution in [2.24, 2.45) is 11.8 Å². The number of aliphatic hydroxyl groups excluding tert-OH is 1. The molecule has 0 spiro atoms. The number of hydrogen-bond acceptors (Lipinski definition) is 13. The van der Waals surface area contributed by atoms with Crippen LogP contribution >= 0.6 is 11.8 Å². The lowest BCUT2D eigenvalue weighted by Crippen LogP contribution is -2.63. The third-order valence-electron chi connectivity index (χ3n) is 8.97. The van der Waals surface area contributed by atoms with Crippen LogP contribution in [0.15, 0.2) is 59.1 Å². The number of benzene rings is 2. The van der Waals surface area contributed by atoms with Crippen LogP contribution in [-0.2, 0) is 32.3 Å². The number of nitro groups is 2. The molecule has 268 valence electrons. The fourth-order valence-corrected chi connectivity index (χ4v) is 8.02. The van der Waals surface area contributed by atoms with E-state index in [9.17, 15) is 54.9 Å². The Morgan fingerprint density at radius 1 is 1.04 bits per heavy atom. The summed E-state index contributed by atoms with van der Waals surface area (Å²) in [6.07, 6.45) is -2.80. The van der Waals surface area contributed by atoms with Crippen molar-refractivity contribution in [1.82, 2.24) is 15.1 Å². The number of thioether (sulfide) groups is 1. The first-order chi connectivity index (χ1) is 24.2. The number of likely N-dealkylation sites (tertiary alicyclic amines) is 1. The molecular formula is C32H32N6O12S. The zero-order chi connectivity index (χ0) is 37.1. The summed E-state index contributed by atoms with van der Waals surface area (Å²) in [5.41, 5.74) is 0.361.